The number of hydrogen-bond donors (Lipinski definition) is 2. The predicted molar refractivity (Wildman–Crippen MR) is 68.7 cm³/mol. The molecule has 0 saturated carbocycles. The van der Waals surface area contributed by atoms with Crippen LogP contribution in [0.5, 0.6) is 0 Å². The fourth-order valence-corrected chi connectivity index (χ4v) is 2.21. The van der Waals surface area contributed by atoms with Crippen molar-refractivity contribution in [1.29, 1.82) is 0 Å². The highest BCUT2D eigenvalue weighted by molar-refractivity contribution is 5.90. The molecule has 8 nitrogen and oxygen atoms in total. The Bertz CT molecular complexity index is 573. The van der Waals surface area contributed by atoms with Crippen LogP contribution in [0.25, 0.3) is 0 Å². The molecule has 0 radical (unpaired) electrons. The summed E-state index contributed by atoms with van der Waals surface area (Å²) in [6, 6.07) is 0.0689. The van der Waals surface area contributed by atoms with E-state index >= 15 is 0 Å². The molecule has 0 bridgehead atoms. The van der Waals surface area contributed by atoms with Crippen molar-refractivity contribution in [2.45, 2.75) is 25.4 Å². The van der Waals surface area contributed by atoms with Crippen molar-refractivity contribution < 1.29 is 9.32 Å². The van der Waals surface area contributed by atoms with Gasteiger partial charge in [-0.25, -0.2) is 4.98 Å². The summed E-state index contributed by atoms with van der Waals surface area (Å²) in [6.07, 6.45) is 5.39. The zero-order valence-electron chi connectivity index (χ0n) is 11.2. The molecule has 1 atom stereocenters. The zero-order chi connectivity index (χ0) is 13.9. The Kier molecular flexibility index (Phi) is 3.46. The number of H-pyrrole nitrogens is 1. The summed E-state index contributed by atoms with van der Waals surface area (Å²) in [5.74, 6) is 0.997. The third-order valence-electron chi connectivity index (χ3n) is 3.28. The van der Waals surface area contributed by atoms with E-state index in [1.54, 1.807) is 19.4 Å². The van der Waals surface area contributed by atoms with Crippen LogP contribution in [0.1, 0.15) is 41.2 Å². The predicted octanol–water partition coefficient (Wildman–Crippen LogP) is 0.489. The first-order chi connectivity index (χ1) is 9.74. The maximum absolute atomic E-state index is 12.2. The minimum absolute atomic E-state index is 0.0689. The van der Waals surface area contributed by atoms with Gasteiger partial charge in [0.1, 0.15) is 5.82 Å². The van der Waals surface area contributed by atoms with Crippen molar-refractivity contribution in [3.8, 4) is 0 Å². The van der Waals surface area contributed by atoms with Crippen LogP contribution in [-0.2, 0) is 6.54 Å². The van der Waals surface area contributed by atoms with Crippen molar-refractivity contribution in [3.63, 3.8) is 0 Å². The number of nitrogens with zero attached hydrogens (tertiary/aromatic N) is 4. The van der Waals surface area contributed by atoms with Gasteiger partial charge in [0, 0.05) is 19.4 Å². The number of rotatable bonds is 4. The van der Waals surface area contributed by atoms with E-state index in [-0.39, 0.29) is 17.8 Å². The van der Waals surface area contributed by atoms with Gasteiger partial charge < -0.3 is 19.7 Å². The molecular formula is C12H16N6O2. The summed E-state index contributed by atoms with van der Waals surface area (Å²) < 4.78 is 5.16. The van der Waals surface area contributed by atoms with E-state index in [4.69, 9.17) is 4.52 Å². The van der Waals surface area contributed by atoms with E-state index in [0.29, 0.717) is 18.3 Å². The average Bonchev–Trinajstić information content (AvgIpc) is 3.18. The minimum atomic E-state index is -0.283. The standard InChI is InChI=1S/C12H16N6O2/c1-18(7-9-14-5-6-15-9)12(19)10-16-11(20-17-10)8-3-2-4-13-8/h5-6,8,13H,2-4,7H2,1H3,(H,14,15). The first-order valence-corrected chi connectivity index (χ1v) is 6.55. The normalized spacial score (nSPS) is 18.4. The van der Waals surface area contributed by atoms with Crippen LogP contribution in [0.3, 0.4) is 0 Å². The summed E-state index contributed by atoms with van der Waals surface area (Å²) in [7, 11) is 1.68. The number of aromatic amines is 1. The molecule has 1 unspecified atom stereocenters. The van der Waals surface area contributed by atoms with Crippen LogP contribution in [0.15, 0.2) is 16.9 Å². The summed E-state index contributed by atoms with van der Waals surface area (Å²) in [6.45, 7) is 1.31. The van der Waals surface area contributed by atoms with Gasteiger partial charge in [0.05, 0.1) is 12.6 Å². The van der Waals surface area contributed by atoms with Gasteiger partial charge in [0.2, 0.25) is 5.89 Å². The smallest absolute Gasteiger partial charge is 0.295 e. The second-order valence-corrected chi connectivity index (χ2v) is 4.80. The molecule has 1 aliphatic rings. The van der Waals surface area contributed by atoms with Crippen molar-refractivity contribution in [2.75, 3.05) is 13.6 Å². The summed E-state index contributed by atoms with van der Waals surface area (Å²) in [5.41, 5.74) is 0. The SMILES string of the molecule is CN(Cc1ncc[nH]1)C(=O)c1noc(C2CCCN2)n1. The summed E-state index contributed by atoms with van der Waals surface area (Å²) >= 11 is 0. The molecule has 20 heavy (non-hydrogen) atoms. The third-order valence-corrected chi connectivity index (χ3v) is 3.28. The molecule has 1 saturated heterocycles. The van der Waals surface area contributed by atoms with Crippen LogP contribution >= 0.6 is 0 Å². The lowest BCUT2D eigenvalue weighted by molar-refractivity contribution is 0.0766. The second kappa shape index (κ2) is 5.41. The van der Waals surface area contributed by atoms with Crippen molar-refractivity contribution >= 4 is 5.91 Å². The number of carbonyl (C=O) groups is 1. The van der Waals surface area contributed by atoms with E-state index in [2.05, 4.69) is 25.4 Å². The molecule has 106 valence electrons. The molecule has 3 heterocycles. The van der Waals surface area contributed by atoms with Gasteiger partial charge in [-0.15, -0.1) is 0 Å². The topological polar surface area (TPSA) is 99.9 Å². The number of nitrogens with one attached hydrogen (secondary N) is 2. The molecule has 0 aliphatic carbocycles. The van der Waals surface area contributed by atoms with Gasteiger partial charge in [-0.3, -0.25) is 4.79 Å². The molecule has 0 aromatic carbocycles. The lowest BCUT2D eigenvalue weighted by Gasteiger charge is -2.12. The average molecular weight is 276 g/mol. The highest BCUT2D eigenvalue weighted by Crippen LogP contribution is 2.21. The fraction of sp³-hybridized carbons (Fsp3) is 0.500. The molecular weight excluding hydrogens is 260 g/mol. The number of amides is 1. The number of imidazole rings is 1. The number of hydrogen-bond acceptors (Lipinski definition) is 6. The van der Waals surface area contributed by atoms with Crippen LogP contribution in [0.2, 0.25) is 0 Å². The number of aromatic nitrogens is 4. The van der Waals surface area contributed by atoms with Crippen LogP contribution in [-0.4, -0.2) is 44.5 Å². The molecule has 1 aliphatic heterocycles. The van der Waals surface area contributed by atoms with E-state index in [1.165, 1.54) is 4.90 Å². The first kappa shape index (κ1) is 12.8. The Labute approximate surface area is 115 Å². The molecule has 3 rings (SSSR count). The lowest BCUT2D eigenvalue weighted by Crippen LogP contribution is -2.27. The van der Waals surface area contributed by atoms with Crippen LogP contribution in [0, 0.1) is 0 Å². The minimum Gasteiger partial charge on any atom is -0.347 e. The molecule has 1 fully saturated rings. The maximum atomic E-state index is 12.2. The summed E-state index contributed by atoms with van der Waals surface area (Å²) in [4.78, 5) is 24.9. The molecule has 2 aromatic heterocycles. The van der Waals surface area contributed by atoms with E-state index < -0.39 is 0 Å². The lowest BCUT2D eigenvalue weighted by atomic mass is 10.2. The Balaban J connectivity index is 1.67. The van der Waals surface area contributed by atoms with E-state index in [9.17, 15) is 4.79 Å². The van der Waals surface area contributed by atoms with Gasteiger partial charge in [0.25, 0.3) is 11.7 Å². The van der Waals surface area contributed by atoms with Crippen LogP contribution in [0.4, 0.5) is 0 Å². The Morgan fingerprint density at radius 3 is 3.20 bits per heavy atom. The van der Waals surface area contributed by atoms with Gasteiger partial charge in [0.15, 0.2) is 0 Å². The monoisotopic (exact) mass is 276 g/mol. The van der Waals surface area contributed by atoms with Gasteiger partial charge >= 0.3 is 0 Å². The molecule has 8 heteroatoms. The van der Waals surface area contributed by atoms with Gasteiger partial charge in [-0.05, 0) is 19.4 Å². The van der Waals surface area contributed by atoms with Crippen LogP contribution < -0.4 is 5.32 Å². The largest absolute Gasteiger partial charge is 0.347 e. The first-order valence-electron chi connectivity index (χ1n) is 6.55. The summed E-state index contributed by atoms with van der Waals surface area (Å²) in [5, 5.41) is 7.02. The second-order valence-electron chi connectivity index (χ2n) is 4.80. The third kappa shape index (κ3) is 2.55. The van der Waals surface area contributed by atoms with Crippen molar-refractivity contribution in [1.82, 2.24) is 30.3 Å². The van der Waals surface area contributed by atoms with E-state index in [0.717, 1.165) is 19.4 Å². The molecule has 2 aromatic rings. The highest BCUT2D eigenvalue weighted by Gasteiger charge is 2.25. The van der Waals surface area contributed by atoms with Crippen molar-refractivity contribution in [3.05, 3.63) is 29.9 Å². The maximum Gasteiger partial charge on any atom is 0.295 e. The van der Waals surface area contributed by atoms with Crippen molar-refractivity contribution in [2.24, 2.45) is 0 Å². The number of carbonyl (C=O) groups excluding carboxylic acids is 1. The Morgan fingerprint density at radius 1 is 1.60 bits per heavy atom. The fourth-order valence-electron chi connectivity index (χ4n) is 2.21. The van der Waals surface area contributed by atoms with Gasteiger partial charge in [-0.2, -0.15) is 4.98 Å². The molecule has 0 spiro atoms. The van der Waals surface area contributed by atoms with E-state index in [1.807, 2.05) is 0 Å². The molecule has 2 N–H and O–H groups in total. The quantitative estimate of drug-likeness (QED) is 0.843. The molecule has 1 amide bonds. The Morgan fingerprint density at radius 2 is 2.50 bits per heavy atom. The van der Waals surface area contributed by atoms with Gasteiger partial charge in [-0.1, -0.05) is 5.16 Å². The Hall–Kier alpha value is -2.22. The zero-order valence-corrected chi connectivity index (χ0v) is 11.2. The highest BCUT2D eigenvalue weighted by atomic mass is 16.5.